The molecule has 2 aromatic rings. The SMILES string of the molecule is COC(=O)[C@@H]1C[C@H](NC(=O)c2cccnc2)CN1C(=O)CCc1ccc(OC)c(OC)c1. The second-order valence-corrected chi connectivity index (χ2v) is 7.42. The Labute approximate surface area is 186 Å². The number of nitrogens with one attached hydrogen (secondary N) is 1. The Morgan fingerprint density at radius 3 is 2.56 bits per heavy atom. The highest BCUT2D eigenvalue weighted by Crippen LogP contribution is 2.28. The number of carbonyl (C=O) groups excluding carboxylic acids is 3. The van der Waals surface area contributed by atoms with Gasteiger partial charge in [-0.3, -0.25) is 14.6 Å². The van der Waals surface area contributed by atoms with Gasteiger partial charge in [-0.05, 0) is 36.2 Å². The Morgan fingerprint density at radius 2 is 1.91 bits per heavy atom. The zero-order chi connectivity index (χ0) is 23.1. The molecule has 1 aromatic carbocycles. The van der Waals surface area contributed by atoms with Gasteiger partial charge in [0.2, 0.25) is 5.91 Å². The van der Waals surface area contributed by atoms with E-state index in [4.69, 9.17) is 14.2 Å². The van der Waals surface area contributed by atoms with Gasteiger partial charge in [-0.2, -0.15) is 0 Å². The molecule has 9 nitrogen and oxygen atoms in total. The molecule has 1 aliphatic rings. The van der Waals surface area contributed by atoms with Gasteiger partial charge in [0.05, 0.1) is 26.9 Å². The van der Waals surface area contributed by atoms with E-state index in [9.17, 15) is 14.4 Å². The van der Waals surface area contributed by atoms with Crippen LogP contribution in [-0.2, 0) is 20.7 Å². The van der Waals surface area contributed by atoms with Crippen LogP contribution in [0.4, 0.5) is 0 Å². The fourth-order valence-corrected chi connectivity index (χ4v) is 3.77. The molecule has 3 rings (SSSR count). The number of methoxy groups -OCH3 is 3. The Kier molecular flexibility index (Phi) is 7.64. The summed E-state index contributed by atoms with van der Waals surface area (Å²) in [4.78, 5) is 43.1. The molecule has 0 radical (unpaired) electrons. The van der Waals surface area contributed by atoms with Gasteiger partial charge in [-0.1, -0.05) is 6.07 Å². The highest BCUT2D eigenvalue weighted by atomic mass is 16.5. The predicted octanol–water partition coefficient (Wildman–Crippen LogP) is 1.60. The van der Waals surface area contributed by atoms with Crippen LogP contribution in [0.2, 0.25) is 0 Å². The summed E-state index contributed by atoms with van der Waals surface area (Å²) in [5, 5.41) is 2.88. The van der Waals surface area contributed by atoms with Crippen molar-refractivity contribution >= 4 is 17.8 Å². The Morgan fingerprint density at radius 1 is 1.12 bits per heavy atom. The number of nitrogens with zero attached hydrogens (tertiary/aromatic N) is 2. The molecule has 0 spiro atoms. The Bertz CT molecular complexity index is 965. The van der Waals surface area contributed by atoms with E-state index >= 15 is 0 Å². The minimum Gasteiger partial charge on any atom is -0.493 e. The molecule has 1 aliphatic heterocycles. The molecule has 32 heavy (non-hydrogen) atoms. The minimum absolute atomic E-state index is 0.187. The second-order valence-electron chi connectivity index (χ2n) is 7.42. The first-order chi connectivity index (χ1) is 15.5. The van der Waals surface area contributed by atoms with Gasteiger partial charge in [0.15, 0.2) is 11.5 Å². The molecule has 170 valence electrons. The lowest BCUT2D eigenvalue weighted by molar-refractivity contribution is -0.150. The number of carbonyl (C=O) groups is 3. The van der Waals surface area contributed by atoms with Crippen LogP contribution in [0, 0.1) is 0 Å². The molecular formula is C23H27N3O6. The summed E-state index contributed by atoms with van der Waals surface area (Å²) in [5.74, 6) is 0.214. The number of hydrogen-bond acceptors (Lipinski definition) is 7. The predicted molar refractivity (Wildman–Crippen MR) is 115 cm³/mol. The average Bonchev–Trinajstić information content (AvgIpc) is 3.26. The summed E-state index contributed by atoms with van der Waals surface area (Å²) >= 11 is 0. The van der Waals surface area contributed by atoms with Crippen molar-refractivity contribution in [2.45, 2.75) is 31.3 Å². The molecule has 0 unspecified atom stereocenters. The van der Waals surface area contributed by atoms with E-state index in [-0.39, 0.29) is 30.8 Å². The summed E-state index contributed by atoms with van der Waals surface area (Å²) in [6.07, 6.45) is 4.01. The standard InChI is InChI=1S/C23H27N3O6/c1-30-19-8-6-15(11-20(19)31-2)7-9-21(27)26-14-17(12-18(26)23(29)32-3)25-22(28)16-5-4-10-24-13-16/h4-6,8,10-11,13,17-18H,7,9,12,14H2,1-3H3,(H,25,28)/t17-,18-/m0/s1. The number of pyridine rings is 1. The van der Waals surface area contributed by atoms with Crippen LogP contribution in [0.3, 0.4) is 0 Å². The lowest BCUT2D eigenvalue weighted by Gasteiger charge is -2.22. The zero-order valence-corrected chi connectivity index (χ0v) is 18.4. The van der Waals surface area contributed by atoms with Crippen molar-refractivity contribution in [3.05, 3.63) is 53.9 Å². The van der Waals surface area contributed by atoms with Gasteiger partial charge < -0.3 is 24.4 Å². The van der Waals surface area contributed by atoms with Gasteiger partial charge in [0, 0.05) is 37.8 Å². The first-order valence-corrected chi connectivity index (χ1v) is 10.3. The number of likely N-dealkylation sites (tertiary alicyclic amines) is 1. The van der Waals surface area contributed by atoms with Crippen molar-refractivity contribution in [3.63, 3.8) is 0 Å². The molecule has 1 fully saturated rings. The Hall–Kier alpha value is -3.62. The largest absolute Gasteiger partial charge is 0.493 e. The number of hydrogen-bond donors (Lipinski definition) is 1. The van der Waals surface area contributed by atoms with Crippen LogP contribution in [0.1, 0.15) is 28.8 Å². The Balaban J connectivity index is 1.65. The quantitative estimate of drug-likeness (QED) is 0.620. The van der Waals surface area contributed by atoms with Crippen LogP contribution in [-0.4, -0.2) is 67.6 Å². The molecule has 1 N–H and O–H groups in total. The van der Waals surface area contributed by atoms with Crippen molar-refractivity contribution < 1.29 is 28.6 Å². The summed E-state index contributed by atoms with van der Waals surface area (Å²) in [6.45, 7) is 0.233. The van der Waals surface area contributed by atoms with Crippen LogP contribution < -0.4 is 14.8 Å². The van der Waals surface area contributed by atoms with Gasteiger partial charge in [0.1, 0.15) is 6.04 Å². The number of esters is 1. The number of rotatable bonds is 8. The number of amides is 2. The van der Waals surface area contributed by atoms with E-state index in [1.807, 2.05) is 12.1 Å². The monoisotopic (exact) mass is 441 g/mol. The first kappa shape index (κ1) is 23.1. The van der Waals surface area contributed by atoms with E-state index in [1.165, 1.54) is 18.2 Å². The van der Waals surface area contributed by atoms with Gasteiger partial charge in [-0.15, -0.1) is 0 Å². The molecule has 0 aliphatic carbocycles. The highest BCUT2D eigenvalue weighted by molar-refractivity contribution is 5.94. The molecule has 2 heterocycles. The normalized spacial score (nSPS) is 17.5. The topological polar surface area (TPSA) is 107 Å². The molecule has 2 amide bonds. The number of aryl methyl sites for hydroxylation is 1. The zero-order valence-electron chi connectivity index (χ0n) is 18.4. The summed E-state index contributed by atoms with van der Waals surface area (Å²) in [6, 6.07) is 7.70. The summed E-state index contributed by atoms with van der Waals surface area (Å²) < 4.78 is 15.4. The number of aromatic nitrogens is 1. The van der Waals surface area contributed by atoms with Crippen LogP contribution in [0.15, 0.2) is 42.7 Å². The maximum Gasteiger partial charge on any atom is 0.328 e. The van der Waals surface area contributed by atoms with Gasteiger partial charge >= 0.3 is 5.97 Å². The van der Waals surface area contributed by atoms with Crippen molar-refractivity contribution in [3.8, 4) is 11.5 Å². The van der Waals surface area contributed by atoms with Gasteiger partial charge in [0.25, 0.3) is 5.91 Å². The third kappa shape index (κ3) is 5.35. The molecule has 2 atom stereocenters. The third-order valence-electron chi connectivity index (χ3n) is 5.43. The van der Waals surface area contributed by atoms with Crippen molar-refractivity contribution in [1.29, 1.82) is 0 Å². The van der Waals surface area contributed by atoms with E-state index in [2.05, 4.69) is 10.3 Å². The minimum atomic E-state index is -0.739. The van der Waals surface area contributed by atoms with E-state index in [0.717, 1.165) is 5.56 Å². The molecule has 0 bridgehead atoms. The maximum absolute atomic E-state index is 13.0. The second kappa shape index (κ2) is 10.6. The first-order valence-electron chi connectivity index (χ1n) is 10.3. The maximum atomic E-state index is 13.0. The lowest BCUT2D eigenvalue weighted by atomic mass is 10.1. The summed E-state index contributed by atoms with van der Waals surface area (Å²) in [7, 11) is 4.40. The molecule has 1 aromatic heterocycles. The van der Waals surface area contributed by atoms with Crippen molar-refractivity contribution in [2.24, 2.45) is 0 Å². The molecular weight excluding hydrogens is 414 g/mol. The third-order valence-corrected chi connectivity index (χ3v) is 5.43. The number of ether oxygens (including phenoxy) is 3. The average molecular weight is 441 g/mol. The van der Waals surface area contributed by atoms with Gasteiger partial charge in [-0.25, -0.2) is 4.79 Å². The van der Waals surface area contributed by atoms with Crippen LogP contribution >= 0.6 is 0 Å². The van der Waals surface area contributed by atoms with Crippen molar-refractivity contribution in [2.75, 3.05) is 27.9 Å². The lowest BCUT2D eigenvalue weighted by Crippen LogP contribution is -2.42. The van der Waals surface area contributed by atoms with Crippen molar-refractivity contribution in [1.82, 2.24) is 15.2 Å². The fraction of sp³-hybridized carbons (Fsp3) is 0.391. The van der Waals surface area contributed by atoms with Crippen LogP contribution in [0.5, 0.6) is 11.5 Å². The molecule has 0 saturated carbocycles. The van der Waals surface area contributed by atoms with Crippen LogP contribution in [0.25, 0.3) is 0 Å². The highest BCUT2D eigenvalue weighted by Gasteiger charge is 2.40. The summed E-state index contributed by atoms with van der Waals surface area (Å²) in [5.41, 5.74) is 1.33. The van der Waals surface area contributed by atoms with E-state index in [1.54, 1.807) is 38.6 Å². The van der Waals surface area contributed by atoms with E-state index < -0.39 is 12.0 Å². The molecule has 9 heteroatoms. The molecule has 1 saturated heterocycles. The van der Waals surface area contributed by atoms with E-state index in [0.29, 0.717) is 29.9 Å². The smallest absolute Gasteiger partial charge is 0.328 e. The fourth-order valence-electron chi connectivity index (χ4n) is 3.77. The number of benzene rings is 1.